The lowest BCUT2D eigenvalue weighted by molar-refractivity contribution is -0.122. The number of carbonyl (C=O) groups excluding carboxylic acids is 1. The number of primary amides is 1. The molecule has 3 N–H and O–H groups in total. The van der Waals surface area contributed by atoms with E-state index in [2.05, 4.69) is 30.9 Å². The second-order valence-electron chi connectivity index (χ2n) is 12.3. The molecule has 1 atom stereocenters. The molecule has 216 valence electrons. The van der Waals surface area contributed by atoms with Gasteiger partial charge in [-0.3, -0.25) is 9.69 Å². The first-order chi connectivity index (χ1) is 20.3. The van der Waals surface area contributed by atoms with Gasteiger partial charge in [0.15, 0.2) is 0 Å². The van der Waals surface area contributed by atoms with Gasteiger partial charge in [-0.25, -0.2) is 0 Å². The molecule has 1 fully saturated rings. The smallest absolute Gasteiger partial charge is 0.232 e. The van der Waals surface area contributed by atoms with E-state index in [1.807, 2.05) is 84.9 Å². The zero-order valence-electron chi connectivity index (χ0n) is 24.5. The molecule has 1 saturated heterocycles. The van der Waals surface area contributed by atoms with Crippen molar-refractivity contribution in [3.63, 3.8) is 0 Å². The fraction of sp³-hybridized carbons (Fsp3) is 0.324. The monoisotopic (exact) mass is 560 g/mol. The lowest BCUT2D eigenvalue weighted by Gasteiger charge is -2.44. The zero-order valence-corrected chi connectivity index (χ0v) is 24.5. The van der Waals surface area contributed by atoms with Crippen molar-refractivity contribution in [3.05, 3.63) is 125 Å². The Kier molecular flexibility index (Phi) is 7.65. The van der Waals surface area contributed by atoms with Crippen LogP contribution in [-0.2, 0) is 14.9 Å². The molecule has 5 nitrogen and oxygen atoms in total. The van der Waals surface area contributed by atoms with Crippen LogP contribution in [0.5, 0.6) is 5.75 Å². The number of amides is 1. The maximum absolute atomic E-state index is 13.3. The molecule has 0 spiro atoms. The molecule has 4 aromatic rings. The molecule has 6 rings (SSSR count). The number of nitrogens with zero attached hydrogens (tertiary/aromatic N) is 1. The molecular weight excluding hydrogens is 520 g/mol. The number of nitrogens with two attached hydrogens (primary N) is 1. The Bertz CT molecular complexity index is 1490. The summed E-state index contributed by atoms with van der Waals surface area (Å²) in [5, 5.41) is 10.5. The standard InChI is InChI=1S/C37H40N2O3/c1-36(2,22-23-37(35(38)41,27-14-8-4-9-15-27)28-16-10-5-11-17-28)39-24-20-29(21-25-39)42-34-32-30(18-19-31(40)33(32)34)26-12-6-3-7-13-26/h3-19,29,34,40H,20-25H2,1-2H3,(H2,38,41). The summed E-state index contributed by atoms with van der Waals surface area (Å²) in [4.78, 5) is 15.8. The van der Waals surface area contributed by atoms with Gasteiger partial charge in [0.25, 0.3) is 0 Å². The Labute approximate surface area is 249 Å². The molecule has 1 aliphatic heterocycles. The quantitative estimate of drug-likeness (QED) is 0.220. The Morgan fingerprint density at radius 3 is 1.90 bits per heavy atom. The van der Waals surface area contributed by atoms with Crippen LogP contribution in [0.15, 0.2) is 103 Å². The van der Waals surface area contributed by atoms with Crippen LogP contribution in [0.1, 0.15) is 67.9 Å². The number of hydrogen-bond acceptors (Lipinski definition) is 4. The van der Waals surface area contributed by atoms with E-state index in [1.54, 1.807) is 6.07 Å². The van der Waals surface area contributed by atoms with Gasteiger partial charge in [-0.2, -0.15) is 0 Å². The lowest BCUT2D eigenvalue weighted by atomic mass is 9.69. The van der Waals surface area contributed by atoms with E-state index in [-0.39, 0.29) is 23.7 Å². The lowest BCUT2D eigenvalue weighted by Crippen LogP contribution is -2.51. The van der Waals surface area contributed by atoms with Crippen LogP contribution < -0.4 is 5.73 Å². The first-order valence-electron chi connectivity index (χ1n) is 15.0. The Morgan fingerprint density at radius 1 is 0.810 bits per heavy atom. The third kappa shape index (κ3) is 5.23. The first-order valence-corrected chi connectivity index (χ1v) is 15.0. The highest BCUT2D eigenvalue weighted by atomic mass is 16.5. The topological polar surface area (TPSA) is 75.8 Å². The highest BCUT2D eigenvalue weighted by Gasteiger charge is 2.44. The molecule has 0 aromatic heterocycles. The van der Waals surface area contributed by atoms with Crippen molar-refractivity contribution in [2.75, 3.05) is 13.1 Å². The highest BCUT2D eigenvalue weighted by Crippen LogP contribution is 2.55. The van der Waals surface area contributed by atoms with Crippen LogP contribution in [0.25, 0.3) is 11.1 Å². The van der Waals surface area contributed by atoms with Crippen LogP contribution in [-0.4, -0.2) is 40.6 Å². The number of carbonyl (C=O) groups is 1. The molecule has 1 unspecified atom stereocenters. The average molecular weight is 561 g/mol. The third-order valence-electron chi connectivity index (χ3n) is 9.48. The van der Waals surface area contributed by atoms with E-state index >= 15 is 0 Å². The maximum Gasteiger partial charge on any atom is 0.232 e. The van der Waals surface area contributed by atoms with Gasteiger partial charge in [-0.1, -0.05) is 97.1 Å². The predicted octanol–water partition coefficient (Wildman–Crippen LogP) is 6.97. The van der Waals surface area contributed by atoms with Gasteiger partial charge in [-0.15, -0.1) is 0 Å². The Morgan fingerprint density at radius 2 is 1.36 bits per heavy atom. The summed E-state index contributed by atoms with van der Waals surface area (Å²) in [5.74, 6) is 0.00736. The van der Waals surface area contributed by atoms with Crippen LogP contribution in [0.4, 0.5) is 0 Å². The minimum Gasteiger partial charge on any atom is -0.508 e. The Hall–Kier alpha value is -3.93. The summed E-state index contributed by atoms with van der Waals surface area (Å²) in [5.41, 5.74) is 11.4. The normalized spacial score (nSPS) is 17.5. The van der Waals surface area contributed by atoms with Crippen LogP contribution in [0.3, 0.4) is 0 Å². The molecule has 1 amide bonds. The van der Waals surface area contributed by atoms with Crippen molar-refractivity contribution >= 4 is 5.91 Å². The van der Waals surface area contributed by atoms with Gasteiger partial charge >= 0.3 is 0 Å². The van der Waals surface area contributed by atoms with Crippen molar-refractivity contribution in [1.29, 1.82) is 0 Å². The fourth-order valence-electron chi connectivity index (χ4n) is 6.86. The Balaban J connectivity index is 1.12. The number of rotatable bonds is 10. The molecule has 2 aliphatic rings. The number of phenols is 1. The molecule has 0 radical (unpaired) electrons. The van der Waals surface area contributed by atoms with Crippen molar-refractivity contribution in [3.8, 4) is 16.9 Å². The summed E-state index contributed by atoms with van der Waals surface area (Å²) < 4.78 is 6.59. The molecule has 42 heavy (non-hydrogen) atoms. The fourth-order valence-corrected chi connectivity index (χ4v) is 6.86. The number of benzene rings is 4. The first kappa shape index (κ1) is 28.2. The summed E-state index contributed by atoms with van der Waals surface area (Å²) >= 11 is 0. The molecular formula is C37H40N2O3. The average Bonchev–Trinajstić information content (AvgIpc) is 3.73. The van der Waals surface area contributed by atoms with Crippen LogP contribution >= 0.6 is 0 Å². The van der Waals surface area contributed by atoms with Gasteiger partial charge in [-0.05, 0) is 67.9 Å². The minimum absolute atomic E-state index is 0.128. The number of phenolic OH excluding ortho intramolecular Hbond substituents is 1. The van der Waals surface area contributed by atoms with Gasteiger partial charge < -0.3 is 15.6 Å². The third-order valence-corrected chi connectivity index (χ3v) is 9.48. The van der Waals surface area contributed by atoms with Crippen molar-refractivity contribution in [2.45, 2.75) is 62.7 Å². The summed E-state index contributed by atoms with van der Waals surface area (Å²) in [6, 6.07) is 34.0. The second kappa shape index (κ2) is 11.4. The predicted molar refractivity (Wildman–Crippen MR) is 167 cm³/mol. The van der Waals surface area contributed by atoms with E-state index < -0.39 is 5.41 Å². The minimum atomic E-state index is -0.891. The van der Waals surface area contributed by atoms with E-state index in [9.17, 15) is 9.90 Å². The number of likely N-dealkylation sites (tertiary alicyclic amines) is 1. The van der Waals surface area contributed by atoms with Gasteiger partial charge in [0.05, 0.1) is 11.5 Å². The van der Waals surface area contributed by atoms with Crippen LogP contribution in [0.2, 0.25) is 0 Å². The van der Waals surface area contributed by atoms with E-state index in [0.29, 0.717) is 12.2 Å². The van der Waals surface area contributed by atoms with Crippen LogP contribution in [0, 0.1) is 0 Å². The maximum atomic E-state index is 13.3. The summed E-state index contributed by atoms with van der Waals surface area (Å²) in [6.45, 7) is 6.38. The molecule has 0 saturated carbocycles. The molecule has 4 aromatic carbocycles. The molecule has 1 heterocycles. The largest absolute Gasteiger partial charge is 0.508 e. The van der Waals surface area contributed by atoms with Crippen molar-refractivity contribution in [1.82, 2.24) is 4.90 Å². The molecule has 1 aliphatic carbocycles. The number of ether oxygens (including phenoxy) is 1. The number of fused-ring (bicyclic) bond motifs is 1. The molecule has 5 heteroatoms. The van der Waals surface area contributed by atoms with E-state index in [1.165, 1.54) is 0 Å². The van der Waals surface area contributed by atoms with Crippen molar-refractivity contribution < 1.29 is 14.6 Å². The number of hydrogen-bond donors (Lipinski definition) is 2. The van der Waals surface area contributed by atoms with Crippen molar-refractivity contribution in [2.24, 2.45) is 5.73 Å². The van der Waals surface area contributed by atoms with Gasteiger partial charge in [0.2, 0.25) is 5.91 Å². The molecule has 0 bridgehead atoms. The zero-order chi connectivity index (χ0) is 29.3. The van der Waals surface area contributed by atoms with Gasteiger partial charge in [0, 0.05) is 29.8 Å². The number of aromatic hydroxyl groups is 1. The SMILES string of the molecule is CC(C)(CCC(C(N)=O)(c1ccccc1)c1ccccc1)N1CCC(OC2c3c(O)ccc(-c4ccccc4)c32)CC1. The summed E-state index contributed by atoms with van der Waals surface area (Å²) in [6.07, 6.45) is 3.29. The summed E-state index contributed by atoms with van der Waals surface area (Å²) in [7, 11) is 0. The second-order valence-corrected chi connectivity index (χ2v) is 12.3. The van der Waals surface area contributed by atoms with E-state index in [0.717, 1.165) is 65.7 Å². The van der Waals surface area contributed by atoms with E-state index in [4.69, 9.17) is 10.5 Å². The highest BCUT2D eigenvalue weighted by molar-refractivity contribution is 5.90. The number of piperidine rings is 1. The van der Waals surface area contributed by atoms with Gasteiger partial charge in [0.1, 0.15) is 11.9 Å².